The standard InChI is InChI=1S/C6H3BrClF2NO/c7-2-1-3(8)11-4(5(2)12)6(9)10/h1,6,12H. The molecule has 66 valence electrons. The van der Waals surface area contributed by atoms with Crippen LogP contribution in [0.2, 0.25) is 5.15 Å². The molecule has 1 heterocycles. The largest absolute Gasteiger partial charge is 0.505 e. The van der Waals surface area contributed by atoms with Crippen molar-refractivity contribution < 1.29 is 13.9 Å². The van der Waals surface area contributed by atoms with Crippen LogP contribution in [0.3, 0.4) is 0 Å². The first-order valence-electron chi connectivity index (χ1n) is 2.85. The highest BCUT2D eigenvalue weighted by Crippen LogP contribution is 2.34. The maximum absolute atomic E-state index is 12.1. The highest BCUT2D eigenvalue weighted by atomic mass is 79.9. The minimum atomic E-state index is -2.83. The van der Waals surface area contributed by atoms with E-state index in [4.69, 9.17) is 16.7 Å². The van der Waals surface area contributed by atoms with Gasteiger partial charge in [0.05, 0.1) is 4.47 Å². The van der Waals surface area contributed by atoms with Gasteiger partial charge in [0.25, 0.3) is 6.43 Å². The number of aromatic hydroxyl groups is 1. The van der Waals surface area contributed by atoms with Crippen LogP contribution < -0.4 is 0 Å². The van der Waals surface area contributed by atoms with Crippen LogP contribution in [0.4, 0.5) is 8.78 Å². The van der Waals surface area contributed by atoms with Crippen LogP contribution in [0.15, 0.2) is 10.5 Å². The van der Waals surface area contributed by atoms with Crippen LogP contribution in [0.5, 0.6) is 5.75 Å². The van der Waals surface area contributed by atoms with E-state index in [1.165, 1.54) is 6.07 Å². The van der Waals surface area contributed by atoms with Gasteiger partial charge in [-0.2, -0.15) is 0 Å². The Labute approximate surface area is 80.3 Å². The van der Waals surface area contributed by atoms with Crippen LogP contribution in [-0.4, -0.2) is 10.1 Å². The summed E-state index contributed by atoms with van der Waals surface area (Å²) >= 11 is 8.24. The number of halogens is 4. The van der Waals surface area contributed by atoms with Gasteiger partial charge in [-0.05, 0) is 22.0 Å². The van der Waals surface area contributed by atoms with E-state index in [9.17, 15) is 8.78 Å². The quantitative estimate of drug-likeness (QED) is 0.785. The number of hydrogen-bond acceptors (Lipinski definition) is 2. The number of hydrogen-bond donors (Lipinski definition) is 1. The molecule has 0 unspecified atom stereocenters. The van der Waals surface area contributed by atoms with Crippen molar-refractivity contribution in [2.45, 2.75) is 6.43 Å². The molecule has 1 aromatic heterocycles. The highest BCUT2D eigenvalue weighted by Gasteiger charge is 2.17. The zero-order valence-electron chi connectivity index (χ0n) is 5.56. The average Bonchev–Trinajstić information content (AvgIpc) is 1.96. The molecule has 0 aliphatic carbocycles. The van der Waals surface area contributed by atoms with E-state index < -0.39 is 17.9 Å². The molecule has 0 aliphatic heterocycles. The van der Waals surface area contributed by atoms with Gasteiger partial charge in [0.15, 0.2) is 11.4 Å². The van der Waals surface area contributed by atoms with Crippen LogP contribution in [0.1, 0.15) is 12.1 Å². The fourth-order valence-corrected chi connectivity index (χ4v) is 1.40. The molecule has 0 saturated carbocycles. The summed E-state index contributed by atoms with van der Waals surface area (Å²) in [5.74, 6) is -0.575. The van der Waals surface area contributed by atoms with Crippen molar-refractivity contribution >= 4 is 27.5 Å². The summed E-state index contributed by atoms with van der Waals surface area (Å²) in [7, 11) is 0. The summed E-state index contributed by atoms with van der Waals surface area (Å²) in [6.45, 7) is 0. The second-order valence-electron chi connectivity index (χ2n) is 1.96. The van der Waals surface area contributed by atoms with E-state index in [2.05, 4.69) is 20.9 Å². The molecule has 0 amide bonds. The SMILES string of the molecule is Oc1c(Br)cc(Cl)nc1C(F)F. The van der Waals surface area contributed by atoms with Gasteiger partial charge < -0.3 is 5.11 Å². The minimum Gasteiger partial charge on any atom is -0.505 e. The number of rotatable bonds is 1. The molecule has 12 heavy (non-hydrogen) atoms. The molecule has 1 rings (SSSR count). The summed E-state index contributed by atoms with van der Waals surface area (Å²) in [5.41, 5.74) is -0.714. The Morgan fingerprint density at radius 2 is 2.17 bits per heavy atom. The summed E-state index contributed by atoms with van der Waals surface area (Å²) in [4.78, 5) is 3.27. The lowest BCUT2D eigenvalue weighted by molar-refractivity contribution is 0.141. The summed E-state index contributed by atoms with van der Waals surface area (Å²) in [5, 5.41) is 8.96. The zero-order chi connectivity index (χ0) is 9.30. The van der Waals surface area contributed by atoms with Crippen molar-refractivity contribution in [1.29, 1.82) is 0 Å². The molecule has 1 aromatic rings. The Hall–Kier alpha value is -0.420. The Kier molecular flexibility index (Phi) is 2.85. The monoisotopic (exact) mass is 257 g/mol. The van der Waals surface area contributed by atoms with Crippen molar-refractivity contribution in [3.8, 4) is 5.75 Å². The van der Waals surface area contributed by atoms with Crippen molar-refractivity contribution in [2.75, 3.05) is 0 Å². The topological polar surface area (TPSA) is 33.1 Å². The predicted molar refractivity (Wildman–Crippen MR) is 43.6 cm³/mol. The highest BCUT2D eigenvalue weighted by molar-refractivity contribution is 9.10. The fraction of sp³-hybridized carbons (Fsp3) is 0.167. The Balaban J connectivity index is 3.28. The third kappa shape index (κ3) is 1.84. The summed E-state index contributed by atoms with van der Waals surface area (Å²) < 4.78 is 24.3. The number of alkyl halides is 2. The Morgan fingerprint density at radius 3 is 2.67 bits per heavy atom. The number of aromatic nitrogens is 1. The minimum absolute atomic E-state index is 0.0880. The zero-order valence-corrected chi connectivity index (χ0v) is 7.90. The first-order chi connectivity index (χ1) is 5.52. The smallest absolute Gasteiger partial charge is 0.284 e. The molecule has 0 saturated heterocycles. The van der Waals surface area contributed by atoms with Crippen LogP contribution in [-0.2, 0) is 0 Å². The van der Waals surface area contributed by atoms with E-state index >= 15 is 0 Å². The van der Waals surface area contributed by atoms with E-state index in [0.717, 1.165) is 0 Å². The molecule has 0 radical (unpaired) electrons. The van der Waals surface area contributed by atoms with E-state index in [0.29, 0.717) is 0 Å². The molecule has 1 N–H and O–H groups in total. The molecular weight excluding hydrogens is 255 g/mol. The molecule has 0 fully saturated rings. The van der Waals surface area contributed by atoms with Crippen LogP contribution in [0, 0.1) is 0 Å². The molecule has 0 bridgehead atoms. The maximum atomic E-state index is 12.1. The first kappa shape index (κ1) is 9.67. The molecule has 6 heteroatoms. The number of nitrogens with zero attached hydrogens (tertiary/aromatic N) is 1. The molecular formula is C6H3BrClF2NO. The lowest BCUT2D eigenvalue weighted by Crippen LogP contribution is -1.91. The van der Waals surface area contributed by atoms with E-state index in [1.54, 1.807) is 0 Å². The summed E-state index contributed by atoms with van der Waals surface area (Å²) in [6.07, 6.45) is -2.83. The van der Waals surface area contributed by atoms with Gasteiger partial charge in [0.1, 0.15) is 5.15 Å². The number of pyridine rings is 1. The lowest BCUT2D eigenvalue weighted by atomic mass is 10.3. The van der Waals surface area contributed by atoms with Crippen molar-refractivity contribution in [1.82, 2.24) is 4.98 Å². The van der Waals surface area contributed by atoms with Crippen molar-refractivity contribution in [2.24, 2.45) is 0 Å². The molecule has 0 aromatic carbocycles. The van der Waals surface area contributed by atoms with Gasteiger partial charge in [-0.25, -0.2) is 13.8 Å². The van der Waals surface area contributed by atoms with Gasteiger partial charge >= 0.3 is 0 Å². The Morgan fingerprint density at radius 1 is 1.58 bits per heavy atom. The molecule has 2 nitrogen and oxygen atoms in total. The van der Waals surface area contributed by atoms with E-state index in [1.807, 2.05) is 0 Å². The van der Waals surface area contributed by atoms with Crippen LogP contribution in [0.25, 0.3) is 0 Å². The van der Waals surface area contributed by atoms with Crippen LogP contribution >= 0.6 is 27.5 Å². The normalized spacial score (nSPS) is 10.8. The molecule has 0 spiro atoms. The van der Waals surface area contributed by atoms with E-state index in [-0.39, 0.29) is 9.63 Å². The lowest BCUT2D eigenvalue weighted by Gasteiger charge is -2.04. The second-order valence-corrected chi connectivity index (χ2v) is 3.20. The van der Waals surface area contributed by atoms with Gasteiger partial charge in [-0.15, -0.1) is 0 Å². The third-order valence-corrected chi connectivity index (χ3v) is 1.95. The predicted octanol–water partition coefficient (Wildman–Crippen LogP) is 3.14. The summed E-state index contributed by atoms with van der Waals surface area (Å²) in [6, 6.07) is 1.24. The van der Waals surface area contributed by atoms with Gasteiger partial charge in [-0.1, -0.05) is 11.6 Å². The Bertz CT molecular complexity index is 308. The van der Waals surface area contributed by atoms with Gasteiger partial charge in [0.2, 0.25) is 0 Å². The molecule has 0 aliphatic rings. The second kappa shape index (κ2) is 3.53. The first-order valence-corrected chi connectivity index (χ1v) is 4.02. The van der Waals surface area contributed by atoms with Gasteiger partial charge in [0, 0.05) is 0 Å². The average molecular weight is 258 g/mol. The maximum Gasteiger partial charge on any atom is 0.284 e. The van der Waals surface area contributed by atoms with Crippen molar-refractivity contribution in [3.05, 3.63) is 21.4 Å². The third-order valence-electron chi connectivity index (χ3n) is 1.15. The molecule has 0 atom stereocenters. The van der Waals surface area contributed by atoms with Crippen molar-refractivity contribution in [3.63, 3.8) is 0 Å². The van der Waals surface area contributed by atoms with Gasteiger partial charge in [-0.3, -0.25) is 0 Å². The fourth-order valence-electron chi connectivity index (χ4n) is 0.648.